The maximum atomic E-state index is 12.0. The van der Waals surface area contributed by atoms with Crippen LogP contribution in [-0.4, -0.2) is 70.1 Å². The molecule has 246 valence electrons. The molecule has 0 heterocycles. The first-order valence-electron chi connectivity index (χ1n) is 16.8. The van der Waals surface area contributed by atoms with E-state index in [1.165, 1.54) is 80.1 Å². The van der Waals surface area contributed by atoms with Crippen molar-refractivity contribution in [2.24, 2.45) is 5.92 Å². The van der Waals surface area contributed by atoms with Crippen LogP contribution in [0.5, 0.6) is 11.5 Å². The molecule has 0 spiro atoms. The smallest absolute Gasteiger partial charge is 0.130 e. The first-order valence-corrected chi connectivity index (χ1v) is 16.8. The van der Waals surface area contributed by atoms with Crippen LogP contribution in [0.4, 0.5) is 0 Å². The second-order valence-corrected chi connectivity index (χ2v) is 12.9. The summed E-state index contributed by atoms with van der Waals surface area (Å²) in [5, 5.41) is 0. The van der Waals surface area contributed by atoms with Crippen molar-refractivity contribution in [2.45, 2.75) is 90.4 Å². The van der Waals surface area contributed by atoms with E-state index in [0.717, 1.165) is 43.9 Å². The Balaban J connectivity index is 0.00000102. The topological polar surface area (TPSA) is 42.0 Å². The van der Waals surface area contributed by atoms with Crippen LogP contribution in [0.3, 0.4) is 0 Å². The molecule has 2 aromatic rings. The van der Waals surface area contributed by atoms with E-state index < -0.39 is 0 Å². The second kappa shape index (κ2) is 21.6. The molecule has 2 fully saturated rings. The van der Waals surface area contributed by atoms with E-state index in [2.05, 4.69) is 86.5 Å². The van der Waals surface area contributed by atoms with E-state index in [9.17, 15) is 4.79 Å². The van der Waals surface area contributed by atoms with E-state index in [1.54, 1.807) is 6.92 Å². The predicted molar refractivity (Wildman–Crippen MR) is 181 cm³/mol. The summed E-state index contributed by atoms with van der Waals surface area (Å²) in [5.74, 6) is 2.59. The molecule has 2 aliphatic rings. The molecule has 4 rings (SSSR count). The van der Waals surface area contributed by atoms with Crippen LogP contribution in [0, 0.1) is 5.92 Å². The van der Waals surface area contributed by atoms with E-state index >= 15 is 0 Å². The summed E-state index contributed by atoms with van der Waals surface area (Å²) < 4.78 is 12.0. The minimum Gasteiger partial charge on any atom is -0.494 e. The van der Waals surface area contributed by atoms with E-state index in [1.807, 2.05) is 0 Å². The molecule has 44 heavy (non-hydrogen) atoms. The Labute approximate surface area is 279 Å². The fourth-order valence-electron chi connectivity index (χ4n) is 6.12. The Morgan fingerprint density at radius 3 is 1.43 bits per heavy atom. The molecule has 0 aliphatic heterocycles. The molecule has 0 saturated heterocycles. The number of hydrogen-bond acceptors (Lipinski definition) is 5. The number of nitrogens with zero attached hydrogens (tertiary/aromatic N) is 2. The van der Waals surface area contributed by atoms with Crippen molar-refractivity contribution >= 4 is 11.4 Å². The Hall–Kier alpha value is -2.11. The van der Waals surface area contributed by atoms with Gasteiger partial charge in [-0.2, -0.15) is 0 Å². The maximum absolute atomic E-state index is 12.0. The molecule has 0 amide bonds. The van der Waals surface area contributed by atoms with Crippen LogP contribution in [0.15, 0.2) is 54.1 Å². The van der Waals surface area contributed by atoms with Gasteiger partial charge in [0.05, 0.1) is 13.2 Å². The van der Waals surface area contributed by atoms with Crippen molar-refractivity contribution in [2.75, 3.05) is 54.5 Å². The van der Waals surface area contributed by atoms with Crippen molar-refractivity contribution in [3.05, 3.63) is 65.2 Å². The number of ketones is 1. The largest absolute Gasteiger partial charge is 0.494 e. The third kappa shape index (κ3) is 14.3. The number of ether oxygens (including phenoxy) is 2. The van der Waals surface area contributed by atoms with Gasteiger partial charge in [-0.1, -0.05) is 74.8 Å². The molecule has 0 aromatic heterocycles. The molecule has 2 aliphatic carbocycles. The molecule has 0 atom stereocenters. The number of Topliss-reactive ketones (excluding diaryl/α,β-unsaturated/α-hetero) is 1. The first kappa shape index (κ1) is 38.1. The SMILES string of the molecule is C1CCCC1.CC(=O)CCC(=C(c1ccc(OCCCN(C)C)cc1)c1ccc(OCCCN(C)C)cc1)C1CCCC1.[Fe]. The standard InChI is InChI=1S/C33H48N2O3.C5H10.Fe/c1-26(36)12-21-32(27-10-6-7-11-27)33(28-13-17-30(18-14-28)37-24-8-22-34(2)3)29-15-19-31(20-16-29)38-25-9-23-35(4)5;1-2-4-5-3-1;/h13-20,27H,6-12,21-25H2,1-5H3;1-5H2;. The van der Waals surface area contributed by atoms with Crippen LogP contribution >= 0.6 is 0 Å². The number of carbonyl (C=O) groups excluding carboxylic acids is 1. The third-order valence-corrected chi connectivity index (χ3v) is 8.49. The van der Waals surface area contributed by atoms with Crippen LogP contribution in [0.2, 0.25) is 0 Å². The number of allylic oxidation sites excluding steroid dienone is 1. The normalized spacial score (nSPS) is 14.6. The fraction of sp³-hybridized carbons (Fsp3) is 0.605. The summed E-state index contributed by atoms with van der Waals surface area (Å²) in [6.07, 6.45) is 15.9. The molecular formula is C38H58FeN2O3. The summed E-state index contributed by atoms with van der Waals surface area (Å²) in [7, 11) is 8.34. The van der Waals surface area contributed by atoms with Crippen molar-refractivity contribution < 1.29 is 31.3 Å². The first-order chi connectivity index (χ1) is 20.8. The predicted octanol–water partition coefficient (Wildman–Crippen LogP) is 8.66. The zero-order chi connectivity index (χ0) is 30.9. The Morgan fingerprint density at radius 2 is 1.07 bits per heavy atom. The number of carbonyl (C=O) groups is 1. The monoisotopic (exact) mass is 646 g/mol. The average Bonchev–Trinajstić information content (AvgIpc) is 3.74. The molecule has 0 bridgehead atoms. The van der Waals surface area contributed by atoms with Crippen molar-refractivity contribution in [1.82, 2.24) is 9.80 Å². The van der Waals surface area contributed by atoms with Gasteiger partial charge in [0, 0.05) is 36.6 Å². The van der Waals surface area contributed by atoms with Gasteiger partial charge in [0.1, 0.15) is 17.3 Å². The van der Waals surface area contributed by atoms with E-state index in [-0.39, 0.29) is 22.9 Å². The van der Waals surface area contributed by atoms with Crippen LogP contribution < -0.4 is 9.47 Å². The van der Waals surface area contributed by atoms with Crippen molar-refractivity contribution in [3.63, 3.8) is 0 Å². The molecule has 2 saturated carbocycles. The number of hydrogen-bond donors (Lipinski definition) is 0. The minimum absolute atomic E-state index is 0. The van der Waals surface area contributed by atoms with Gasteiger partial charge in [-0.25, -0.2) is 0 Å². The van der Waals surface area contributed by atoms with Gasteiger partial charge < -0.3 is 24.1 Å². The Morgan fingerprint density at radius 1 is 0.659 bits per heavy atom. The molecule has 0 unspecified atom stereocenters. The summed E-state index contributed by atoms with van der Waals surface area (Å²) >= 11 is 0. The van der Waals surface area contributed by atoms with Gasteiger partial charge in [0.15, 0.2) is 0 Å². The second-order valence-electron chi connectivity index (χ2n) is 12.9. The zero-order valence-electron chi connectivity index (χ0n) is 28.2. The Kier molecular flexibility index (Phi) is 18.7. The van der Waals surface area contributed by atoms with Crippen molar-refractivity contribution in [1.29, 1.82) is 0 Å². The maximum Gasteiger partial charge on any atom is 0.130 e. The average molecular weight is 647 g/mol. The summed E-state index contributed by atoms with van der Waals surface area (Å²) in [5.41, 5.74) is 5.08. The molecular weight excluding hydrogens is 588 g/mol. The van der Waals surface area contributed by atoms with Crippen molar-refractivity contribution in [3.8, 4) is 11.5 Å². The number of rotatable bonds is 16. The minimum atomic E-state index is 0. The zero-order valence-corrected chi connectivity index (χ0v) is 29.3. The van der Waals surface area contributed by atoms with E-state index in [0.29, 0.717) is 25.6 Å². The molecule has 5 nitrogen and oxygen atoms in total. The fourth-order valence-corrected chi connectivity index (χ4v) is 6.12. The molecule has 0 radical (unpaired) electrons. The van der Waals surface area contributed by atoms with Gasteiger partial charge in [-0.05, 0) is 114 Å². The van der Waals surface area contributed by atoms with Gasteiger partial charge in [-0.15, -0.1) is 0 Å². The Bertz CT molecular complexity index is 1020. The third-order valence-electron chi connectivity index (χ3n) is 8.49. The number of benzene rings is 2. The van der Waals surface area contributed by atoms with E-state index in [4.69, 9.17) is 9.47 Å². The molecule has 6 heteroatoms. The van der Waals surface area contributed by atoms with Gasteiger partial charge >= 0.3 is 0 Å². The molecule has 2 aromatic carbocycles. The van der Waals surface area contributed by atoms with Crippen LogP contribution in [-0.2, 0) is 21.9 Å². The summed E-state index contributed by atoms with van der Waals surface area (Å²) in [4.78, 5) is 16.4. The molecule has 0 N–H and O–H groups in total. The van der Waals surface area contributed by atoms with Crippen LogP contribution in [0.1, 0.15) is 102 Å². The van der Waals surface area contributed by atoms with Gasteiger partial charge in [0.25, 0.3) is 0 Å². The summed E-state index contributed by atoms with van der Waals surface area (Å²) in [6.45, 7) is 5.16. The van der Waals surface area contributed by atoms with Gasteiger partial charge in [-0.3, -0.25) is 0 Å². The quantitative estimate of drug-likeness (QED) is 0.135. The summed E-state index contributed by atoms with van der Waals surface area (Å²) in [6, 6.07) is 17.1. The van der Waals surface area contributed by atoms with Crippen LogP contribution in [0.25, 0.3) is 5.57 Å². The van der Waals surface area contributed by atoms with Gasteiger partial charge in [0.2, 0.25) is 0 Å².